The maximum Gasteiger partial charge on any atom is 0.305 e. The van der Waals surface area contributed by atoms with Gasteiger partial charge in [0, 0.05) is 6.42 Å². The van der Waals surface area contributed by atoms with Crippen LogP contribution in [0.25, 0.3) is 0 Å². The van der Waals surface area contributed by atoms with Gasteiger partial charge in [-0.25, -0.2) is 0 Å². The van der Waals surface area contributed by atoms with Crippen LogP contribution in [-0.4, -0.2) is 35.5 Å². The molecule has 0 heterocycles. The highest BCUT2D eigenvalue weighted by molar-refractivity contribution is 5.69. The summed E-state index contributed by atoms with van der Waals surface area (Å²) in [6, 6.07) is 0. The van der Waals surface area contributed by atoms with Crippen LogP contribution in [0.4, 0.5) is 0 Å². The summed E-state index contributed by atoms with van der Waals surface area (Å²) in [5.41, 5.74) is 0.577. The van der Waals surface area contributed by atoms with E-state index in [1.807, 2.05) is 0 Å². The van der Waals surface area contributed by atoms with Crippen molar-refractivity contribution in [3.8, 4) is 0 Å². The topological polar surface area (TPSA) is 66.8 Å². The fourth-order valence-corrected chi connectivity index (χ4v) is 8.82. The van der Waals surface area contributed by atoms with Crippen LogP contribution in [0, 0.1) is 46.3 Å². The molecule has 0 unspecified atom stereocenters. The van der Waals surface area contributed by atoms with Crippen LogP contribution in [-0.2, 0) is 9.53 Å². The molecule has 4 aliphatic carbocycles. The number of fused-ring (bicyclic) bond motifs is 5. The molecule has 29 heavy (non-hydrogen) atoms. The molecule has 4 aliphatic rings. The number of carbonyl (C=O) groups is 1. The maximum absolute atomic E-state index is 11.6. The molecule has 4 saturated carbocycles. The van der Waals surface area contributed by atoms with Crippen LogP contribution in [0.2, 0.25) is 0 Å². The minimum Gasteiger partial charge on any atom is -0.469 e. The quantitative estimate of drug-likeness (QED) is 0.671. The van der Waals surface area contributed by atoms with Gasteiger partial charge in [-0.3, -0.25) is 4.79 Å². The van der Waals surface area contributed by atoms with Gasteiger partial charge in [0.05, 0.1) is 19.3 Å². The predicted octanol–water partition coefficient (Wildman–Crippen LogP) is 4.57. The van der Waals surface area contributed by atoms with Crippen molar-refractivity contribution in [1.29, 1.82) is 0 Å². The molecule has 0 saturated heterocycles. The second-order valence-corrected chi connectivity index (χ2v) is 11.5. The summed E-state index contributed by atoms with van der Waals surface area (Å²) in [6.45, 7) is 7.29. The summed E-state index contributed by atoms with van der Waals surface area (Å²) >= 11 is 0. The molecule has 4 rings (SSSR count). The fourth-order valence-electron chi connectivity index (χ4n) is 8.82. The fraction of sp³-hybridized carbons (Fsp3) is 0.960. The highest BCUT2D eigenvalue weighted by Gasteiger charge is 2.62. The molecule has 10 atom stereocenters. The van der Waals surface area contributed by atoms with E-state index in [0.717, 1.165) is 32.1 Å². The van der Waals surface area contributed by atoms with E-state index in [-0.39, 0.29) is 23.6 Å². The number of ether oxygens (including phenoxy) is 1. The average molecular weight is 407 g/mol. The second kappa shape index (κ2) is 7.82. The van der Waals surface area contributed by atoms with Crippen LogP contribution < -0.4 is 0 Å². The molecule has 0 aromatic rings. The Morgan fingerprint density at radius 1 is 1.03 bits per heavy atom. The first-order valence-corrected chi connectivity index (χ1v) is 12.1. The third kappa shape index (κ3) is 3.46. The Hall–Kier alpha value is -0.610. The maximum atomic E-state index is 11.6. The Labute approximate surface area is 176 Å². The van der Waals surface area contributed by atoms with Crippen molar-refractivity contribution in [3.63, 3.8) is 0 Å². The van der Waals surface area contributed by atoms with E-state index < -0.39 is 0 Å². The molecule has 0 radical (unpaired) electrons. The number of methoxy groups -OCH3 is 1. The molecule has 0 amide bonds. The zero-order chi connectivity index (χ0) is 21.0. The number of hydrogen-bond acceptors (Lipinski definition) is 4. The SMILES string of the molecule is COC(=O)CC[C@@H](C)[C@H]1CC[C@@H]2[C@@H]3[C@H](O)C[C@@H]4C[C@H](O)CC[C@]4(C)[C@@H]3CC[C@@]21C. The van der Waals surface area contributed by atoms with E-state index in [2.05, 4.69) is 20.8 Å². The lowest BCUT2D eigenvalue weighted by Crippen LogP contribution is -2.58. The van der Waals surface area contributed by atoms with Crippen LogP contribution in [0.5, 0.6) is 0 Å². The van der Waals surface area contributed by atoms with E-state index in [0.29, 0.717) is 47.3 Å². The molecule has 166 valence electrons. The number of hydrogen-bond donors (Lipinski definition) is 2. The van der Waals surface area contributed by atoms with Gasteiger partial charge in [0.25, 0.3) is 0 Å². The summed E-state index contributed by atoms with van der Waals surface area (Å²) in [5, 5.41) is 21.5. The van der Waals surface area contributed by atoms with Crippen molar-refractivity contribution in [1.82, 2.24) is 0 Å². The molecular weight excluding hydrogens is 364 g/mol. The Morgan fingerprint density at radius 3 is 2.45 bits per heavy atom. The highest BCUT2D eigenvalue weighted by Crippen LogP contribution is 2.68. The molecule has 2 N–H and O–H groups in total. The van der Waals surface area contributed by atoms with Crippen molar-refractivity contribution in [2.24, 2.45) is 46.3 Å². The normalized spacial score (nSPS) is 50.2. The third-order valence-electron chi connectivity index (χ3n) is 10.4. The predicted molar refractivity (Wildman–Crippen MR) is 113 cm³/mol. The van der Waals surface area contributed by atoms with Gasteiger partial charge in [-0.1, -0.05) is 20.8 Å². The van der Waals surface area contributed by atoms with Gasteiger partial charge in [-0.05, 0) is 104 Å². The molecular formula is C25H42O4. The molecule has 4 nitrogen and oxygen atoms in total. The van der Waals surface area contributed by atoms with Crippen LogP contribution in [0.1, 0.15) is 85.0 Å². The van der Waals surface area contributed by atoms with Crippen molar-refractivity contribution in [3.05, 3.63) is 0 Å². The van der Waals surface area contributed by atoms with Gasteiger partial charge in [0.2, 0.25) is 0 Å². The van der Waals surface area contributed by atoms with E-state index in [1.54, 1.807) is 0 Å². The summed E-state index contributed by atoms with van der Waals surface area (Å²) in [4.78, 5) is 11.6. The first-order valence-electron chi connectivity index (χ1n) is 12.1. The Morgan fingerprint density at radius 2 is 1.72 bits per heavy atom. The van der Waals surface area contributed by atoms with Gasteiger partial charge in [0.15, 0.2) is 0 Å². The lowest BCUT2D eigenvalue weighted by Gasteiger charge is -2.62. The van der Waals surface area contributed by atoms with Gasteiger partial charge in [0.1, 0.15) is 0 Å². The van der Waals surface area contributed by atoms with Crippen molar-refractivity contribution >= 4 is 5.97 Å². The zero-order valence-corrected chi connectivity index (χ0v) is 18.9. The number of esters is 1. The van der Waals surface area contributed by atoms with E-state index in [9.17, 15) is 15.0 Å². The molecule has 0 aromatic carbocycles. The van der Waals surface area contributed by atoms with Crippen LogP contribution >= 0.6 is 0 Å². The second-order valence-electron chi connectivity index (χ2n) is 11.5. The van der Waals surface area contributed by atoms with Crippen molar-refractivity contribution < 1.29 is 19.7 Å². The molecule has 4 fully saturated rings. The van der Waals surface area contributed by atoms with E-state index in [1.165, 1.54) is 32.8 Å². The van der Waals surface area contributed by atoms with Crippen LogP contribution in [0.3, 0.4) is 0 Å². The summed E-state index contributed by atoms with van der Waals surface area (Å²) in [5.74, 6) is 3.17. The number of rotatable bonds is 4. The van der Waals surface area contributed by atoms with Crippen molar-refractivity contribution in [2.75, 3.05) is 7.11 Å². The molecule has 4 heteroatoms. The lowest BCUT2D eigenvalue weighted by molar-refractivity contribution is -0.174. The zero-order valence-electron chi connectivity index (χ0n) is 18.9. The smallest absolute Gasteiger partial charge is 0.305 e. The van der Waals surface area contributed by atoms with Gasteiger partial charge >= 0.3 is 5.97 Å². The first-order chi connectivity index (χ1) is 13.7. The molecule has 0 aliphatic heterocycles. The van der Waals surface area contributed by atoms with Gasteiger partial charge in [-0.15, -0.1) is 0 Å². The molecule has 0 spiro atoms. The number of aliphatic hydroxyl groups excluding tert-OH is 2. The first kappa shape index (κ1) is 21.6. The molecule has 0 aromatic heterocycles. The Bertz CT molecular complexity index is 620. The van der Waals surface area contributed by atoms with E-state index >= 15 is 0 Å². The lowest BCUT2D eigenvalue weighted by atomic mass is 9.43. The Kier molecular flexibility index (Phi) is 5.83. The average Bonchev–Trinajstić information content (AvgIpc) is 3.04. The molecule has 0 bridgehead atoms. The van der Waals surface area contributed by atoms with E-state index in [4.69, 9.17) is 4.74 Å². The van der Waals surface area contributed by atoms with Crippen molar-refractivity contribution in [2.45, 2.75) is 97.2 Å². The Balaban J connectivity index is 1.53. The van der Waals surface area contributed by atoms with Gasteiger partial charge < -0.3 is 14.9 Å². The number of carbonyl (C=O) groups excluding carboxylic acids is 1. The van der Waals surface area contributed by atoms with Crippen LogP contribution in [0.15, 0.2) is 0 Å². The van der Waals surface area contributed by atoms with Gasteiger partial charge in [-0.2, -0.15) is 0 Å². The highest BCUT2D eigenvalue weighted by atomic mass is 16.5. The minimum absolute atomic E-state index is 0.0959. The standard InChI is InChI=1S/C25H42O4/c1-15(5-8-22(28)29-4)18-6-7-19-23-20(10-12-25(18,19)3)24(2)11-9-17(26)13-16(24)14-21(23)27/h15-21,23,26-27H,5-14H2,1-4H3/t15-,16+,17-,18-,19-,20-,21-,23+,24+,25-/m1/s1. The summed E-state index contributed by atoms with van der Waals surface area (Å²) in [6.07, 6.45) is 9.80. The largest absolute Gasteiger partial charge is 0.469 e. The monoisotopic (exact) mass is 406 g/mol. The summed E-state index contributed by atoms with van der Waals surface area (Å²) < 4.78 is 4.86. The minimum atomic E-state index is -0.211. The third-order valence-corrected chi connectivity index (χ3v) is 10.4. The number of aliphatic hydroxyl groups is 2. The summed E-state index contributed by atoms with van der Waals surface area (Å²) in [7, 11) is 1.48.